The van der Waals surface area contributed by atoms with Crippen LogP contribution < -0.4 is 11.1 Å². The lowest BCUT2D eigenvalue weighted by Gasteiger charge is -2.15. The molecule has 0 radical (unpaired) electrons. The Morgan fingerprint density at radius 1 is 1.19 bits per heavy atom. The monoisotopic (exact) mass is 287 g/mol. The molecule has 1 atom stereocenters. The molecule has 1 saturated carbocycles. The first-order valence-corrected chi connectivity index (χ1v) is 7.05. The minimum Gasteiger partial charge on any atom is -0.366 e. The zero-order valence-corrected chi connectivity index (χ0v) is 11.5. The molecule has 1 heterocycles. The molecule has 1 aliphatic heterocycles. The minimum absolute atomic E-state index is 0.0710. The number of hydrogen-bond acceptors (Lipinski definition) is 3. The van der Waals surface area contributed by atoms with Crippen LogP contribution in [0.2, 0.25) is 0 Å². The van der Waals surface area contributed by atoms with Crippen LogP contribution in [0.25, 0.3) is 0 Å². The number of nitrogens with one attached hydrogen (secondary N) is 1. The number of hydrogen-bond donors (Lipinski definition) is 2. The molecule has 21 heavy (non-hydrogen) atoms. The van der Waals surface area contributed by atoms with Crippen LogP contribution in [0.4, 0.5) is 5.69 Å². The van der Waals surface area contributed by atoms with Crippen molar-refractivity contribution >= 4 is 23.4 Å². The molecule has 110 valence electrons. The molecule has 0 spiro atoms. The Kier molecular flexibility index (Phi) is 3.37. The second-order valence-electron chi connectivity index (χ2n) is 5.61. The maximum absolute atomic E-state index is 12.2. The number of nitrogens with zero attached hydrogens (tertiary/aromatic N) is 1. The number of nitrogens with two attached hydrogens (primary N) is 1. The van der Waals surface area contributed by atoms with Crippen LogP contribution in [0.3, 0.4) is 0 Å². The molecule has 1 saturated heterocycles. The molecular weight excluding hydrogens is 270 g/mol. The molecule has 3 N–H and O–H groups in total. The number of anilines is 1. The normalized spacial score (nSPS) is 21.4. The van der Waals surface area contributed by atoms with Gasteiger partial charge in [-0.15, -0.1) is 0 Å². The van der Waals surface area contributed by atoms with Gasteiger partial charge in [-0.25, -0.2) is 0 Å². The topological polar surface area (TPSA) is 92.5 Å². The minimum atomic E-state index is -0.505. The highest BCUT2D eigenvalue weighted by Gasteiger charge is 2.41. The van der Waals surface area contributed by atoms with Gasteiger partial charge in [0.05, 0.1) is 5.92 Å². The summed E-state index contributed by atoms with van der Waals surface area (Å²) in [7, 11) is 0. The molecule has 6 heteroatoms. The number of likely N-dealkylation sites (tertiary alicyclic amines) is 1. The molecule has 0 bridgehead atoms. The first-order valence-electron chi connectivity index (χ1n) is 7.05. The molecule has 0 aromatic heterocycles. The molecule has 2 aliphatic rings. The molecule has 2 fully saturated rings. The van der Waals surface area contributed by atoms with Gasteiger partial charge in [0.25, 0.3) is 0 Å². The summed E-state index contributed by atoms with van der Waals surface area (Å²) in [6.07, 6.45) is 2.38. The molecule has 1 unspecified atom stereocenters. The Morgan fingerprint density at radius 2 is 1.86 bits per heavy atom. The van der Waals surface area contributed by atoms with Gasteiger partial charge in [0.2, 0.25) is 17.7 Å². The quantitative estimate of drug-likeness (QED) is 0.855. The maximum Gasteiger partial charge on any atom is 0.248 e. The summed E-state index contributed by atoms with van der Waals surface area (Å²) in [5.74, 6) is -0.886. The zero-order chi connectivity index (χ0) is 15.0. The van der Waals surface area contributed by atoms with Crippen LogP contribution in [0, 0.1) is 5.92 Å². The average Bonchev–Trinajstić information content (AvgIpc) is 3.22. The summed E-state index contributed by atoms with van der Waals surface area (Å²) < 4.78 is 0. The van der Waals surface area contributed by atoms with Gasteiger partial charge in [-0.2, -0.15) is 0 Å². The second-order valence-corrected chi connectivity index (χ2v) is 5.61. The SMILES string of the molecule is NC(=O)c1ccc(NC(=O)C2CC(=O)N(C3CC3)C2)cc1. The van der Waals surface area contributed by atoms with Crippen LogP contribution in [0.15, 0.2) is 24.3 Å². The van der Waals surface area contributed by atoms with Crippen molar-refractivity contribution < 1.29 is 14.4 Å². The summed E-state index contributed by atoms with van der Waals surface area (Å²) in [6.45, 7) is 0.509. The molecule has 1 aromatic carbocycles. The summed E-state index contributed by atoms with van der Waals surface area (Å²) in [5.41, 5.74) is 6.15. The fraction of sp³-hybridized carbons (Fsp3) is 0.400. The smallest absolute Gasteiger partial charge is 0.248 e. The van der Waals surface area contributed by atoms with E-state index in [4.69, 9.17) is 5.73 Å². The zero-order valence-electron chi connectivity index (χ0n) is 11.5. The number of carbonyl (C=O) groups excluding carboxylic acids is 3. The van der Waals surface area contributed by atoms with Crippen LogP contribution in [0.5, 0.6) is 0 Å². The van der Waals surface area contributed by atoms with E-state index in [9.17, 15) is 14.4 Å². The van der Waals surface area contributed by atoms with Gasteiger partial charge in [-0.3, -0.25) is 14.4 Å². The fourth-order valence-corrected chi connectivity index (χ4v) is 2.61. The molecule has 1 aromatic rings. The van der Waals surface area contributed by atoms with E-state index in [-0.39, 0.29) is 24.2 Å². The number of carbonyl (C=O) groups is 3. The van der Waals surface area contributed by atoms with Crippen molar-refractivity contribution in [3.05, 3.63) is 29.8 Å². The van der Waals surface area contributed by atoms with E-state index in [1.165, 1.54) is 0 Å². The second kappa shape index (κ2) is 5.20. The van der Waals surface area contributed by atoms with E-state index < -0.39 is 5.91 Å². The van der Waals surface area contributed by atoms with Gasteiger partial charge in [0.1, 0.15) is 0 Å². The largest absolute Gasteiger partial charge is 0.366 e. The lowest BCUT2D eigenvalue weighted by atomic mass is 10.1. The highest BCUT2D eigenvalue weighted by atomic mass is 16.2. The Hall–Kier alpha value is -2.37. The van der Waals surface area contributed by atoms with E-state index in [0.717, 1.165) is 12.8 Å². The van der Waals surface area contributed by atoms with Gasteiger partial charge in [0, 0.05) is 30.3 Å². The number of amides is 3. The van der Waals surface area contributed by atoms with Gasteiger partial charge < -0.3 is 16.0 Å². The molecule has 3 amide bonds. The Bertz CT molecular complexity index is 593. The Morgan fingerprint density at radius 3 is 2.43 bits per heavy atom. The predicted octanol–water partition coefficient (Wildman–Crippen LogP) is 0.735. The van der Waals surface area contributed by atoms with Crippen LogP contribution in [0.1, 0.15) is 29.6 Å². The number of benzene rings is 1. The molecule has 6 nitrogen and oxygen atoms in total. The molecule has 3 rings (SSSR count). The first kappa shape index (κ1) is 13.6. The van der Waals surface area contributed by atoms with Crippen LogP contribution >= 0.6 is 0 Å². The third-order valence-corrected chi connectivity index (χ3v) is 3.95. The number of rotatable bonds is 4. The molecular formula is C15H17N3O3. The highest BCUT2D eigenvalue weighted by Crippen LogP contribution is 2.32. The van der Waals surface area contributed by atoms with E-state index >= 15 is 0 Å². The van der Waals surface area contributed by atoms with Gasteiger partial charge in [-0.1, -0.05) is 0 Å². The summed E-state index contributed by atoms with van der Waals surface area (Å²) in [6, 6.07) is 6.74. The number of primary amides is 1. The van der Waals surface area contributed by atoms with Crippen molar-refractivity contribution in [2.24, 2.45) is 11.7 Å². The lowest BCUT2D eigenvalue weighted by Crippen LogP contribution is -2.29. The van der Waals surface area contributed by atoms with E-state index in [1.54, 1.807) is 24.3 Å². The van der Waals surface area contributed by atoms with E-state index in [0.29, 0.717) is 23.8 Å². The third-order valence-electron chi connectivity index (χ3n) is 3.95. The predicted molar refractivity (Wildman–Crippen MR) is 76.4 cm³/mol. The standard InChI is InChI=1S/C15H17N3O3/c16-14(20)9-1-3-11(4-2-9)17-15(21)10-7-13(19)18(8-10)12-5-6-12/h1-4,10,12H,5-8H2,(H2,16,20)(H,17,21). The van der Waals surface area contributed by atoms with Crippen molar-refractivity contribution in [1.82, 2.24) is 4.90 Å². The first-order chi connectivity index (χ1) is 10.0. The fourth-order valence-electron chi connectivity index (χ4n) is 2.61. The van der Waals surface area contributed by atoms with Gasteiger partial charge in [0.15, 0.2) is 0 Å². The van der Waals surface area contributed by atoms with Crippen molar-refractivity contribution in [2.45, 2.75) is 25.3 Å². The van der Waals surface area contributed by atoms with E-state index in [2.05, 4.69) is 5.32 Å². The van der Waals surface area contributed by atoms with Crippen LogP contribution in [-0.2, 0) is 9.59 Å². The lowest BCUT2D eigenvalue weighted by molar-refractivity contribution is -0.128. The summed E-state index contributed by atoms with van der Waals surface area (Å²) in [5, 5.41) is 2.78. The average molecular weight is 287 g/mol. The van der Waals surface area contributed by atoms with Gasteiger partial charge in [-0.05, 0) is 37.1 Å². The maximum atomic E-state index is 12.2. The highest BCUT2D eigenvalue weighted by molar-refractivity contribution is 5.98. The summed E-state index contributed by atoms with van der Waals surface area (Å²) >= 11 is 0. The molecule has 1 aliphatic carbocycles. The Labute approximate surface area is 122 Å². The van der Waals surface area contributed by atoms with Gasteiger partial charge >= 0.3 is 0 Å². The van der Waals surface area contributed by atoms with Crippen molar-refractivity contribution in [2.75, 3.05) is 11.9 Å². The summed E-state index contributed by atoms with van der Waals surface area (Å²) in [4.78, 5) is 36.8. The van der Waals surface area contributed by atoms with E-state index in [1.807, 2.05) is 4.90 Å². The van der Waals surface area contributed by atoms with Crippen LogP contribution in [-0.4, -0.2) is 35.2 Å². The van der Waals surface area contributed by atoms with Crippen molar-refractivity contribution in [1.29, 1.82) is 0 Å². The third kappa shape index (κ3) is 2.89. The van der Waals surface area contributed by atoms with Crippen molar-refractivity contribution in [3.8, 4) is 0 Å². The van der Waals surface area contributed by atoms with Crippen molar-refractivity contribution in [3.63, 3.8) is 0 Å². The Balaban J connectivity index is 1.61.